The van der Waals surface area contributed by atoms with Gasteiger partial charge in [0.05, 0.1) is 0 Å². The molecule has 0 aromatic rings. The van der Waals surface area contributed by atoms with Gasteiger partial charge in [-0.05, 0) is 6.42 Å². The summed E-state index contributed by atoms with van der Waals surface area (Å²) in [5, 5.41) is 46.2. The molecular formula is C20H39NO8. The van der Waals surface area contributed by atoms with Crippen molar-refractivity contribution in [3.8, 4) is 0 Å². The molecule has 0 saturated heterocycles. The van der Waals surface area contributed by atoms with Crippen LogP contribution in [0, 0.1) is 0 Å². The van der Waals surface area contributed by atoms with Gasteiger partial charge in [0.25, 0.3) is 0 Å². The zero-order valence-corrected chi connectivity index (χ0v) is 17.5. The summed E-state index contributed by atoms with van der Waals surface area (Å²) in [5.74, 6) is -3.36. The average molecular weight is 422 g/mol. The van der Waals surface area contributed by atoms with Gasteiger partial charge in [0.2, 0.25) is 6.10 Å². The molecule has 0 unspecified atom stereocenters. The molecule has 0 aliphatic carbocycles. The standard InChI is InChI=1S/C20H39NO8/c1-2-3-4-5-6-7-8-9-10-11-12-13-14-21-29-18(20(27)28)16(23)15(22)17(24)19(25)26/h15-18,21-24H,2-14H2,1H3,(H,25,26)(H,27,28)/t15-,16-,17-,18+/m0/s1. The molecule has 6 N–H and O–H groups in total. The summed E-state index contributed by atoms with van der Waals surface area (Å²) in [4.78, 5) is 26.6. The number of hydrogen-bond donors (Lipinski definition) is 6. The fourth-order valence-electron chi connectivity index (χ4n) is 2.96. The number of carbonyl (C=O) groups is 2. The molecular weight excluding hydrogens is 382 g/mol. The Morgan fingerprint density at radius 3 is 1.59 bits per heavy atom. The van der Waals surface area contributed by atoms with Crippen molar-refractivity contribution in [2.24, 2.45) is 0 Å². The van der Waals surface area contributed by atoms with Gasteiger partial charge in [-0.15, -0.1) is 0 Å². The van der Waals surface area contributed by atoms with E-state index in [1.807, 2.05) is 0 Å². The summed E-state index contributed by atoms with van der Waals surface area (Å²) in [6.45, 7) is 2.57. The third-order valence-corrected chi connectivity index (χ3v) is 4.82. The minimum atomic E-state index is -2.31. The number of carboxylic acid groups (broad SMARTS) is 2. The van der Waals surface area contributed by atoms with E-state index in [1.165, 1.54) is 51.4 Å². The largest absolute Gasteiger partial charge is 0.479 e. The van der Waals surface area contributed by atoms with Crippen LogP contribution in [0.15, 0.2) is 0 Å². The van der Waals surface area contributed by atoms with Crippen LogP contribution in [0.2, 0.25) is 0 Å². The molecule has 0 aromatic heterocycles. The van der Waals surface area contributed by atoms with Crippen molar-refractivity contribution in [2.75, 3.05) is 6.54 Å². The molecule has 9 heteroatoms. The monoisotopic (exact) mass is 421 g/mol. The highest BCUT2D eigenvalue weighted by Crippen LogP contribution is 2.12. The maximum atomic E-state index is 11.1. The molecule has 29 heavy (non-hydrogen) atoms. The summed E-state index contributed by atoms with van der Waals surface area (Å²) >= 11 is 0. The normalized spacial score (nSPS) is 15.6. The summed E-state index contributed by atoms with van der Waals surface area (Å²) in [6, 6.07) is 0. The molecule has 0 rings (SSSR count). The molecule has 0 aliphatic rings. The second kappa shape index (κ2) is 17.6. The van der Waals surface area contributed by atoms with Crippen molar-refractivity contribution in [1.29, 1.82) is 0 Å². The smallest absolute Gasteiger partial charge is 0.337 e. The molecule has 172 valence electrons. The Bertz CT molecular complexity index is 435. The Morgan fingerprint density at radius 2 is 1.17 bits per heavy atom. The number of nitrogens with one attached hydrogen (secondary N) is 1. The van der Waals surface area contributed by atoms with Crippen LogP contribution in [0.5, 0.6) is 0 Å². The number of carboxylic acids is 2. The van der Waals surface area contributed by atoms with E-state index in [0.717, 1.165) is 25.7 Å². The molecule has 0 bridgehead atoms. The lowest BCUT2D eigenvalue weighted by Crippen LogP contribution is -2.52. The minimum absolute atomic E-state index is 0.353. The average Bonchev–Trinajstić information content (AvgIpc) is 2.69. The van der Waals surface area contributed by atoms with Gasteiger partial charge in [-0.25, -0.2) is 15.1 Å². The van der Waals surface area contributed by atoms with Crippen molar-refractivity contribution in [2.45, 2.75) is 108 Å². The van der Waals surface area contributed by atoms with Crippen LogP contribution in [-0.4, -0.2) is 68.4 Å². The van der Waals surface area contributed by atoms with E-state index >= 15 is 0 Å². The molecule has 9 nitrogen and oxygen atoms in total. The third-order valence-electron chi connectivity index (χ3n) is 4.82. The molecule has 4 atom stereocenters. The molecule has 0 aromatic carbocycles. The molecule has 0 spiro atoms. The fourth-order valence-corrected chi connectivity index (χ4v) is 2.96. The molecule has 0 heterocycles. The number of aliphatic hydroxyl groups excluding tert-OH is 3. The maximum absolute atomic E-state index is 11.1. The van der Waals surface area contributed by atoms with Crippen LogP contribution in [0.25, 0.3) is 0 Å². The van der Waals surface area contributed by atoms with Crippen LogP contribution in [0.1, 0.15) is 84.0 Å². The number of unbranched alkanes of at least 4 members (excludes halogenated alkanes) is 11. The molecule has 0 saturated carbocycles. The quantitative estimate of drug-likeness (QED) is 0.127. The zero-order chi connectivity index (χ0) is 22.1. The number of aliphatic carboxylic acids is 2. The summed E-state index contributed by atoms with van der Waals surface area (Å²) in [7, 11) is 0. The second-order valence-electron chi connectivity index (χ2n) is 7.42. The molecule has 0 fully saturated rings. The lowest BCUT2D eigenvalue weighted by molar-refractivity contribution is -0.186. The molecule has 0 radical (unpaired) electrons. The lowest BCUT2D eigenvalue weighted by Gasteiger charge is -2.25. The van der Waals surface area contributed by atoms with E-state index in [9.17, 15) is 24.9 Å². The van der Waals surface area contributed by atoms with Crippen LogP contribution in [0.3, 0.4) is 0 Å². The highest BCUT2D eigenvalue weighted by atomic mass is 16.7. The number of hydroxylamine groups is 1. The number of aliphatic hydroxyl groups is 3. The predicted molar refractivity (Wildman–Crippen MR) is 107 cm³/mol. The van der Waals surface area contributed by atoms with Crippen molar-refractivity contribution >= 4 is 11.9 Å². The van der Waals surface area contributed by atoms with Gasteiger partial charge in [-0.1, -0.05) is 77.6 Å². The minimum Gasteiger partial charge on any atom is -0.479 e. The first kappa shape index (κ1) is 27.7. The van der Waals surface area contributed by atoms with E-state index in [-0.39, 0.29) is 0 Å². The van der Waals surface area contributed by atoms with Gasteiger partial charge in [0, 0.05) is 6.54 Å². The van der Waals surface area contributed by atoms with Gasteiger partial charge < -0.3 is 25.5 Å². The van der Waals surface area contributed by atoms with E-state index < -0.39 is 36.4 Å². The van der Waals surface area contributed by atoms with Gasteiger partial charge in [0.15, 0.2) is 6.10 Å². The van der Waals surface area contributed by atoms with Crippen LogP contribution in [-0.2, 0) is 14.4 Å². The van der Waals surface area contributed by atoms with E-state index in [0.29, 0.717) is 6.54 Å². The first-order chi connectivity index (χ1) is 13.8. The van der Waals surface area contributed by atoms with E-state index in [4.69, 9.17) is 15.1 Å². The predicted octanol–water partition coefficient (Wildman–Crippen LogP) is 1.83. The first-order valence-electron chi connectivity index (χ1n) is 10.7. The van der Waals surface area contributed by atoms with Crippen molar-refractivity contribution in [3.05, 3.63) is 0 Å². The number of hydrogen-bond acceptors (Lipinski definition) is 7. The topological polar surface area (TPSA) is 157 Å². The maximum Gasteiger partial charge on any atom is 0.337 e. The van der Waals surface area contributed by atoms with Crippen molar-refractivity contribution in [3.63, 3.8) is 0 Å². The summed E-state index contributed by atoms with van der Waals surface area (Å²) < 4.78 is 0. The highest BCUT2D eigenvalue weighted by Gasteiger charge is 2.39. The Kier molecular flexibility index (Phi) is 16.8. The van der Waals surface area contributed by atoms with E-state index in [1.54, 1.807) is 0 Å². The van der Waals surface area contributed by atoms with Crippen LogP contribution in [0.4, 0.5) is 0 Å². The van der Waals surface area contributed by atoms with Gasteiger partial charge in [-0.2, -0.15) is 0 Å². The molecule has 0 amide bonds. The Balaban J connectivity index is 3.77. The van der Waals surface area contributed by atoms with Gasteiger partial charge >= 0.3 is 11.9 Å². The van der Waals surface area contributed by atoms with E-state index in [2.05, 4.69) is 12.4 Å². The van der Waals surface area contributed by atoms with Crippen molar-refractivity contribution in [1.82, 2.24) is 5.48 Å². The van der Waals surface area contributed by atoms with Gasteiger partial charge in [-0.3, -0.25) is 4.84 Å². The second-order valence-corrected chi connectivity index (χ2v) is 7.42. The van der Waals surface area contributed by atoms with Crippen LogP contribution >= 0.6 is 0 Å². The Hall–Kier alpha value is -1.26. The fraction of sp³-hybridized carbons (Fsp3) is 0.900. The summed E-state index contributed by atoms with van der Waals surface area (Å²) in [6.07, 6.45) is 5.77. The van der Waals surface area contributed by atoms with Crippen LogP contribution < -0.4 is 5.48 Å². The molecule has 0 aliphatic heterocycles. The first-order valence-corrected chi connectivity index (χ1v) is 10.7. The van der Waals surface area contributed by atoms with Gasteiger partial charge in [0.1, 0.15) is 12.2 Å². The highest BCUT2D eigenvalue weighted by molar-refractivity contribution is 5.75. The lowest BCUT2D eigenvalue weighted by atomic mass is 10.0. The Labute approximate surface area is 173 Å². The summed E-state index contributed by atoms with van der Waals surface area (Å²) in [5.41, 5.74) is 2.43. The SMILES string of the molecule is CCCCCCCCCCCCCCNO[C@@H](C(=O)O)[C@@H](O)[C@H](O)[C@H](O)C(=O)O. The van der Waals surface area contributed by atoms with Crippen molar-refractivity contribution < 1.29 is 40.0 Å². The zero-order valence-electron chi connectivity index (χ0n) is 17.5. The number of rotatable bonds is 20. The Morgan fingerprint density at radius 1 is 0.724 bits per heavy atom. The third kappa shape index (κ3) is 13.6.